The van der Waals surface area contributed by atoms with Gasteiger partial charge in [-0.1, -0.05) is 23.2 Å². The minimum Gasteiger partial charge on any atom is -0.496 e. The van der Waals surface area contributed by atoms with Crippen molar-refractivity contribution in [1.29, 1.82) is 0 Å². The molecular formula is C20H19Cl2F3N2O. The van der Waals surface area contributed by atoms with Crippen LogP contribution in [0.5, 0.6) is 5.75 Å². The first-order chi connectivity index (χ1) is 13.3. The zero-order valence-corrected chi connectivity index (χ0v) is 16.6. The van der Waals surface area contributed by atoms with E-state index in [0.29, 0.717) is 40.4 Å². The number of benzene rings is 2. The van der Waals surface area contributed by atoms with Crippen molar-refractivity contribution in [3.8, 4) is 17.0 Å². The number of halogens is 5. The number of aryl methyl sites for hydroxylation is 1. The molecule has 3 rings (SSSR count). The van der Waals surface area contributed by atoms with Crippen LogP contribution >= 0.6 is 23.2 Å². The van der Waals surface area contributed by atoms with Gasteiger partial charge in [-0.2, -0.15) is 13.2 Å². The fourth-order valence-electron chi connectivity index (χ4n) is 3.35. The molecule has 0 atom stereocenters. The average molecular weight is 431 g/mol. The van der Waals surface area contributed by atoms with E-state index in [1.54, 1.807) is 24.3 Å². The van der Waals surface area contributed by atoms with Gasteiger partial charge in [0, 0.05) is 21.0 Å². The van der Waals surface area contributed by atoms with E-state index in [1.165, 1.54) is 7.11 Å². The maximum absolute atomic E-state index is 13.6. The Bertz CT molecular complexity index is 999. The minimum atomic E-state index is -4.54. The molecule has 0 aliphatic heterocycles. The standard InChI is InChI=1S/C20H19Cl2F3N2O/c1-28-17-6-5-11(21)8-15(17)18-13(4-2-3-7-26)14-9-12(22)10-16(19(14)27-18)20(23,24)25/h5-6,8-10,27H,2-4,7,26H2,1H3. The molecule has 3 nitrogen and oxygen atoms in total. The van der Waals surface area contributed by atoms with Crippen LogP contribution in [0.2, 0.25) is 10.0 Å². The van der Waals surface area contributed by atoms with Gasteiger partial charge >= 0.3 is 6.18 Å². The molecule has 1 aromatic heterocycles. The normalized spacial score (nSPS) is 12.0. The number of methoxy groups -OCH3 is 1. The first-order valence-electron chi connectivity index (χ1n) is 8.71. The third-order valence-electron chi connectivity index (χ3n) is 4.60. The first kappa shape index (κ1) is 20.8. The number of unbranched alkanes of at least 4 members (excludes halogenated alkanes) is 1. The molecule has 28 heavy (non-hydrogen) atoms. The van der Waals surface area contributed by atoms with Gasteiger partial charge in [0.05, 0.1) is 23.9 Å². The molecule has 8 heteroatoms. The van der Waals surface area contributed by atoms with Crippen molar-refractivity contribution in [2.24, 2.45) is 5.73 Å². The molecule has 0 saturated carbocycles. The highest BCUT2D eigenvalue weighted by atomic mass is 35.5. The van der Waals surface area contributed by atoms with Gasteiger partial charge in [0.2, 0.25) is 0 Å². The van der Waals surface area contributed by atoms with E-state index in [1.807, 2.05) is 0 Å². The predicted octanol–water partition coefficient (Wildman–Crippen LogP) is 6.45. The lowest BCUT2D eigenvalue weighted by atomic mass is 9.99. The van der Waals surface area contributed by atoms with E-state index in [2.05, 4.69) is 4.98 Å². The van der Waals surface area contributed by atoms with Crippen LogP contribution in [0.1, 0.15) is 24.0 Å². The first-order valence-corrected chi connectivity index (χ1v) is 9.47. The van der Waals surface area contributed by atoms with Gasteiger partial charge < -0.3 is 15.5 Å². The van der Waals surface area contributed by atoms with Gasteiger partial charge in [-0.05, 0) is 61.7 Å². The lowest BCUT2D eigenvalue weighted by molar-refractivity contribution is -0.136. The van der Waals surface area contributed by atoms with Crippen LogP contribution < -0.4 is 10.5 Å². The third-order valence-corrected chi connectivity index (χ3v) is 5.05. The summed E-state index contributed by atoms with van der Waals surface area (Å²) in [7, 11) is 1.50. The second-order valence-electron chi connectivity index (χ2n) is 6.44. The van der Waals surface area contributed by atoms with Crippen LogP contribution in [0, 0.1) is 0 Å². The molecule has 0 spiro atoms. The lowest BCUT2D eigenvalue weighted by Gasteiger charge is -2.10. The van der Waals surface area contributed by atoms with Crippen LogP contribution in [0.25, 0.3) is 22.2 Å². The second-order valence-corrected chi connectivity index (χ2v) is 7.32. The molecule has 3 aromatic rings. The molecule has 150 valence electrons. The van der Waals surface area contributed by atoms with Crippen molar-refractivity contribution >= 4 is 34.1 Å². The average Bonchev–Trinajstić information content (AvgIpc) is 2.98. The largest absolute Gasteiger partial charge is 0.496 e. The maximum atomic E-state index is 13.6. The van der Waals surface area contributed by atoms with E-state index in [-0.39, 0.29) is 10.5 Å². The summed E-state index contributed by atoms with van der Waals surface area (Å²) in [5.74, 6) is 0.510. The predicted molar refractivity (Wildman–Crippen MR) is 107 cm³/mol. The molecule has 1 heterocycles. The van der Waals surface area contributed by atoms with Crippen molar-refractivity contribution < 1.29 is 17.9 Å². The van der Waals surface area contributed by atoms with Crippen molar-refractivity contribution in [3.63, 3.8) is 0 Å². The van der Waals surface area contributed by atoms with Gasteiger partial charge in [-0.15, -0.1) is 0 Å². The van der Waals surface area contributed by atoms with Gasteiger partial charge in [0.25, 0.3) is 0 Å². The Morgan fingerprint density at radius 2 is 1.82 bits per heavy atom. The zero-order valence-electron chi connectivity index (χ0n) is 15.1. The molecule has 0 aliphatic rings. The Hall–Kier alpha value is -1.89. The maximum Gasteiger partial charge on any atom is 0.418 e. The molecule has 3 N–H and O–H groups in total. The number of aromatic amines is 1. The summed E-state index contributed by atoms with van der Waals surface area (Å²) in [6, 6.07) is 7.51. The number of hydrogen-bond acceptors (Lipinski definition) is 2. The second kappa shape index (κ2) is 8.23. The summed E-state index contributed by atoms with van der Waals surface area (Å²) in [6.07, 6.45) is -2.52. The highest BCUT2D eigenvalue weighted by molar-refractivity contribution is 6.31. The van der Waals surface area contributed by atoms with E-state index in [0.717, 1.165) is 24.5 Å². The van der Waals surface area contributed by atoms with E-state index in [4.69, 9.17) is 33.7 Å². The topological polar surface area (TPSA) is 51.0 Å². The number of H-pyrrole nitrogens is 1. The van der Waals surface area contributed by atoms with Crippen molar-refractivity contribution in [1.82, 2.24) is 4.98 Å². The molecule has 2 aromatic carbocycles. The lowest BCUT2D eigenvalue weighted by Crippen LogP contribution is -2.05. The van der Waals surface area contributed by atoms with Crippen LogP contribution in [-0.4, -0.2) is 18.6 Å². The number of fused-ring (bicyclic) bond motifs is 1. The molecular weight excluding hydrogens is 412 g/mol. The number of nitrogens with one attached hydrogen (secondary N) is 1. The van der Waals surface area contributed by atoms with E-state index >= 15 is 0 Å². The summed E-state index contributed by atoms with van der Waals surface area (Å²) in [5, 5.41) is 0.925. The van der Waals surface area contributed by atoms with Crippen molar-refractivity contribution in [3.05, 3.63) is 51.5 Å². The Morgan fingerprint density at radius 3 is 2.46 bits per heavy atom. The van der Waals surface area contributed by atoms with Crippen LogP contribution in [-0.2, 0) is 12.6 Å². The van der Waals surface area contributed by atoms with Crippen molar-refractivity contribution in [2.75, 3.05) is 13.7 Å². The summed E-state index contributed by atoms with van der Waals surface area (Å²) < 4.78 is 46.3. The number of ether oxygens (including phenoxy) is 1. The Balaban J connectivity index is 2.32. The molecule has 0 unspecified atom stereocenters. The summed E-state index contributed by atoms with van der Waals surface area (Å²) in [5.41, 5.74) is 6.65. The monoisotopic (exact) mass is 430 g/mol. The van der Waals surface area contributed by atoms with Crippen LogP contribution in [0.4, 0.5) is 13.2 Å². The summed E-state index contributed by atoms with van der Waals surface area (Å²) >= 11 is 12.2. The third kappa shape index (κ3) is 4.09. The summed E-state index contributed by atoms with van der Waals surface area (Å²) in [4.78, 5) is 2.96. The molecule has 0 bridgehead atoms. The number of rotatable bonds is 6. The highest BCUT2D eigenvalue weighted by Crippen LogP contribution is 2.43. The molecule has 0 aliphatic carbocycles. The van der Waals surface area contributed by atoms with Crippen LogP contribution in [0.3, 0.4) is 0 Å². The number of nitrogens with two attached hydrogens (primary N) is 1. The quantitative estimate of drug-likeness (QED) is 0.441. The van der Waals surface area contributed by atoms with Crippen molar-refractivity contribution in [2.45, 2.75) is 25.4 Å². The van der Waals surface area contributed by atoms with E-state index < -0.39 is 11.7 Å². The number of aromatic nitrogens is 1. The fraction of sp³-hybridized carbons (Fsp3) is 0.300. The van der Waals surface area contributed by atoms with Gasteiger partial charge in [-0.25, -0.2) is 0 Å². The number of hydrogen-bond donors (Lipinski definition) is 2. The Morgan fingerprint density at radius 1 is 1.07 bits per heavy atom. The SMILES string of the molecule is COc1ccc(Cl)cc1-c1[nH]c2c(C(F)(F)F)cc(Cl)cc2c1CCCCN. The highest BCUT2D eigenvalue weighted by Gasteiger charge is 2.35. The van der Waals surface area contributed by atoms with Gasteiger partial charge in [0.15, 0.2) is 0 Å². The number of alkyl halides is 3. The zero-order chi connectivity index (χ0) is 20.5. The smallest absolute Gasteiger partial charge is 0.418 e. The van der Waals surface area contributed by atoms with Crippen LogP contribution in [0.15, 0.2) is 30.3 Å². The molecule has 0 saturated heterocycles. The Labute approximate surface area is 170 Å². The van der Waals surface area contributed by atoms with E-state index in [9.17, 15) is 13.2 Å². The van der Waals surface area contributed by atoms with Gasteiger partial charge in [-0.3, -0.25) is 0 Å². The Kier molecular flexibility index (Phi) is 6.12. The minimum absolute atomic E-state index is 0.00308. The fourth-order valence-corrected chi connectivity index (χ4v) is 3.74. The molecule has 0 fully saturated rings. The molecule has 0 radical (unpaired) electrons. The summed E-state index contributed by atoms with van der Waals surface area (Å²) in [6.45, 7) is 0.507. The molecule has 0 amide bonds. The van der Waals surface area contributed by atoms with Gasteiger partial charge in [0.1, 0.15) is 5.75 Å².